The van der Waals surface area contributed by atoms with Crippen LogP contribution in [-0.4, -0.2) is 36.9 Å². The van der Waals surface area contributed by atoms with Gasteiger partial charge in [0.05, 0.1) is 40.7 Å². The maximum absolute atomic E-state index is 14.5. The molecule has 3 rings (SSSR count). The summed E-state index contributed by atoms with van der Waals surface area (Å²) in [6.45, 7) is -0.0908. The van der Waals surface area contributed by atoms with Crippen molar-refractivity contribution in [1.29, 1.82) is 0 Å². The highest BCUT2D eigenvalue weighted by atomic mass is 32.2. The number of ether oxygens (including phenoxy) is 4. The lowest BCUT2D eigenvalue weighted by molar-refractivity contribution is 0.354. The van der Waals surface area contributed by atoms with E-state index >= 15 is 0 Å². The van der Waals surface area contributed by atoms with Crippen molar-refractivity contribution in [3.05, 3.63) is 72.0 Å². The largest absolute Gasteiger partial charge is 0.493 e. The summed E-state index contributed by atoms with van der Waals surface area (Å²) < 4.78 is 63.9. The zero-order valence-corrected chi connectivity index (χ0v) is 19.0. The Morgan fingerprint density at radius 1 is 0.750 bits per heavy atom. The molecule has 0 aliphatic carbocycles. The molecule has 0 saturated carbocycles. The monoisotopic (exact) mass is 461 g/mol. The molecule has 0 aliphatic rings. The summed E-state index contributed by atoms with van der Waals surface area (Å²) in [6.07, 6.45) is 0. The van der Waals surface area contributed by atoms with Crippen LogP contribution in [0.25, 0.3) is 0 Å². The van der Waals surface area contributed by atoms with Gasteiger partial charge in [0.15, 0.2) is 23.0 Å². The van der Waals surface area contributed by atoms with Crippen LogP contribution in [0.5, 0.6) is 23.0 Å². The molecule has 0 aromatic heterocycles. The maximum Gasteiger partial charge on any atom is 0.267 e. The third-order valence-electron chi connectivity index (χ3n) is 4.83. The lowest BCUT2D eigenvalue weighted by Gasteiger charge is -2.26. The van der Waals surface area contributed by atoms with Crippen LogP contribution in [0.3, 0.4) is 0 Å². The van der Waals surface area contributed by atoms with E-state index in [1.807, 2.05) is 0 Å². The summed E-state index contributed by atoms with van der Waals surface area (Å²) in [4.78, 5) is -0.435. The van der Waals surface area contributed by atoms with Crippen LogP contribution in [0.1, 0.15) is 5.56 Å². The Kier molecular flexibility index (Phi) is 7.09. The number of methoxy groups -OCH3 is 4. The van der Waals surface area contributed by atoms with E-state index in [2.05, 4.69) is 0 Å². The number of anilines is 1. The van der Waals surface area contributed by atoms with Gasteiger partial charge in [0.25, 0.3) is 10.0 Å². The third kappa shape index (κ3) is 4.57. The van der Waals surface area contributed by atoms with Crippen LogP contribution in [0.4, 0.5) is 10.1 Å². The highest BCUT2D eigenvalue weighted by molar-refractivity contribution is 7.92. The van der Waals surface area contributed by atoms with Gasteiger partial charge in [-0.05, 0) is 42.0 Å². The fourth-order valence-electron chi connectivity index (χ4n) is 3.21. The second kappa shape index (κ2) is 9.78. The van der Waals surface area contributed by atoms with E-state index in [-0.39, 0.29) is 12.2 Å². The van der Waals surface area contributed by atoms with Gasteiger partial charge in [-0.25, -0.2) is 12.8 Å². The second-order valence-electron chi connectivity index (χ2n) is 6.67. The second-order valence-corrected chi connectivity index (χ2v) is 8.50. The zero-order chi connectivity index (χ0) is 23.3. The minimum Gasteiger partial charge on any atom is -0.493 e. The van der Waals surface area contributed by atoms with Crippen molar-refractivity contribution < 1.29 is 31.8 Å². The molecular weight excluding hydrogens is 437 g/mol. The lowest BCUT2D eigenvalue weighted by atomic mass is 10.2. The Morgan fingerprint density at radius 3 is 1.91 bits per heavy atom. The molecule has 0 atom stereocenters. The van der Waals surface area contributed by atoms with Crippen molar-refractivity contribution in [2.75, 3.05) is 32.7 Å². The summed E-state index contributed by atoms with van der Waals surface area (Å²) >= 11 is 0. The Labute approximate surface area is 187 Å². The highest BCUT2D eigenvalue weighted by Gasteiger charge is 2.29. The predicted octanol–water partition coefficient (Wildman–Crippen LogP) is 4.26. The van der Waals surface area contributed by atoms with Crippen molar-refractivity contribution in [1.82, 2.24) is 0 Å². The molecule has 3 aromatic rings. The van der Waals surface area contributed by atoms with Gasteiger partial charge in [-0.1, -0.05) is 18.2 Å². The van der Waals surface area contributed by atoms with Gasteiger partial charge in [-0.3, -0.25) is 4.31 Å². The first-order chi connectivity index (χ1) is 15.3. The number of nitrogens with zero attached hydrogens (tertiary/aromatic N) is 1. The number of benzene rings is 3. The fraction of sp³-hybridized carbons (Fsp3) is 0.217. The molecule has 0 radical (unpaired) electrons. The van der Waals surface area contributed by atoms with Crippen molar-refractivity contribution in [3.8, 4) is 23.0 Å². The van der Waals surface area contributed by atoms with Gasteiger partial charge < -0.3 is 18.9 Å². The van der Waals surface area contributed by atoms with Gasteiger partial charge in [-0.2, -0.15) is 0 Å². The maximum atomic E-state index is 14.5. The first-order valence-electron chi connectivity index (χ1n) is 9.56. The van der Waals surface area contributed by atoms with Crippen LogP contribution in [0.15, 0.2) is 65.6 Å². The zero-order valence-electron chi connectivity index (χ0n) is 18.2. The molecule has 0 aliphatic heterocycles. The van der Waals surface area contributed by atoms with E-state index in [4.69, 9.17) is 18.9 Å². The molecule has 3 aromatic carbocycles. The Morgan fingerprint density at radius 2 is 1.31 bits per heavy atom. The molecule has 0 fully saturated rings. The van der Waals surface area contributed by atoms with Gasteiger partial charge in [0.1, 0.15) is 10.7 Å². The van der Waals surface area contributed by atoms with Gasteiger partial charge in [0, 0.05) is 6.07 Å². The summed E-state index contributed by atoms with van der Waals surface area (Å²) in [6, 6.07) is 15.0. The molecule has 0 spiro atoms. The van der Waals surface area contributed by atoms with E-state index in [9.17, 15) is 12.8 Å². The van der Waals surface area contributed by atoms with Crippen molar-refractivity contribution in [2.45, 2.75) is 11.4 Å². The van der Waals surface area contributed by atoms with Gasteiger partial charge >= 0.3 is 0 Å². The van der Waals surface area contributed by atoms with Crippen molar-refractivity contribution in [2.24, 2.45) is 0 Å². The Hall–Kier alpha value is -3.46. The Balaban J connectivity index is 2.15. The molecule has 32 heavy (non-hydrogen) atoms. The molecule has 0 amide bonds. The van der Waals surface area contributed by atoms with E-state index in [1.165, 1.54) is 52.7 Å². The van der Waals surface area contributed by atoms with Crippen LogP contribution in [0.2, 0.25) is 0 Å². The van der Waals surface area contributed by atoms with Crippen LogP contribution < -0.4 is 23.3 Å². The number of halogens is 1. The first-order valence-corrected chi connectivity index (χ1v) is 11.0. The lowest BCUT2D eigenvalue weighted by Crippen LogP contribution is -2.31. The summed E-state index contributed by atoms with van der Waals surface area (Å²) in [5.74, 6) is 0.883. The van der Waals surface area contributed by atoms with E-state index in [0.29, 0.717) is 28.6 Å². The fourth-order valence-corrected chi connectivity index (χ4v) is 4.73. The molecule has 0 N–H and O–H groups in total. The first kappa shape index (κ1) is 23.2. The average Bonchev–Trinajstić information content (AvgIpc) is 2.81. The van der Waals surface area contributed by atoms with E-state index in [0.717, 1.165) is 10.4 Å². The number of hydrogen-bond donors (Lipinski definition) is 0. The van der Waals surface area contributed by atoms with Gasteiger partial charge in [-0.15, -0.1) is 0 Å². The molecular formula is C23H24FNO6S. The summed E-state index contributed by atoms with van der Waals surface area (Å²) in [7, 11) is 1.66. The summed E-state index contributed by atoms with van der Waals surface area (Å²) in [5.41, 5.74) is 0.887. The van der Waals surface area contributed by atoms with Crippen LogP contribution in [-0.2, 0) is 16.6 Å². The molecule has 0 bridgehead atoms. The smallest absolute Gasteiger partial charge is 0.267 e. The molecule has 7 nitrogen and oxygen atoms in total. The number of sulfonamides is 1. The minimum absolute atomic E-state index is 0.0908. The van der Waals surface area contributed by atoms with Crippen LogP contribution in [0, 0.1) is 5.82 Å². The van der Waals surface area contributed by atoms with E-state index < -0.39 is 20.7 Å². The number of rotatable bonds is 9. The average molecular weight is 462 g/mol. The van der Waals surface area contributed by atoms with Crippen molar-refractivity contribution in [3.63, 3.8) is 0 Å². The SMILES string of the molecule is COc1ccc(CN(c2ccc(OC)c(OC)c2)S(=O)(=O)c2ccccc2F)cc1OC. The number of hydrogen-bond acceptors (Lipinski definition) is 6. The Bertz CT molecular complexity index is 1200. The highest BCUT2D eigenvalue weighted by Crippen LogP contribution is 2.36. The molecule has 0 unspecified atom stereocenters. The minimum atomic E-state index is -4.27. The van der Waals surface area contributed by atoms with Gasteiger partial charge in [0.2, 0.25) is 0 Å². The third-order valence-corrected chi connectivity index (χ3v) is 6.64. The normalized spacial score (nSPS) is 11.0. The van der Waals surface area contributed by atoms with E-state index in [1.54, 1.807) is 30.3 Å². The summed E-state index contributed by atoms with van der Waals surface area (Å²) in [5, 5.41) is 0. The predicted molar refractivity (Wildman–Crippen MR) is 119 cm³/mol. The quantitative estimate of drug-likeness (QED) is 0.474. The van der Waals surface area contributed by atoms with Crippen LogP contribution >= 0.6 is 0 Å². The standard InChI is InChI=1S/C23H24FNO6S/c1-28-19-11-9-16(13-21(19)30-3)15-25(17-10-12-20(29-2)22(14-17)31-4)32(26,27)23-8-6-5-7-18(23)24/h5-14H,15H2,1-4H3. The topological polar surface area (TPSA) is 74.3 Å². The van der Waals surface area contributed by atoms with Crippen molar-refractivity contribution >= 4 is 15.7 Å². The molecule has 9 heteroatoms. The molecule has 0 heterocycles. The molecule has 0 saturated heterocycles. The molecule has 170 valence electrons.